The number of thioether (sulfide) groups is 2. The normalized spacial score (nSPS) is 12.7. The molecule has 0 saturated carbocycles. The van der Waals surface area contributed by atoms with Gasteiger partial charge in [0.2, 0.25) is 0 Å². The molecular formula is C14H14N4OS2. The Morgan fingerprint density at radius 2 is 2.14 bits per heavy atom. The van der Waals surface area contributed by atoms with Crippen LogP contribution in [0.2, 0.25) is 0 Å². The first-order valence-corrected chi connectivity index (χ1v) is 8.44. The third kappa shape index (κ3) is 3.14. The smallest absolute Gasteiger partial charge is 0.191 e. The van der Waals surface area contributed by atoms with E-state index in [1.807, 2.05) is 18.4 Å². The summed E-state index contributed by atoms with van der Waals surface area (Å²) in [6.45, 7) is 2.07. The molecule has 3 rings (SSSR count). The van der Waals surface area contributed by atoms with Gasteiger partial charge in [0.05, 0.1) is 23.4 Å². The van der Waals surface area contributed by atoms with Crippen molar-refractivity contribution in [2.45, 2.75) is 22.4 Å². The molecule has 3 aromatic rings. The van der Waals surface area contributed by atoms with E-state index in [0.29, 0.717) is 11.0 Å². The molecule has 108 valence electrons. The molecule has 0 aliphatic rings. The molecule has 0 amide bonds. The van der Waals surface area contributed by atoms with Crippen LogP contribution in [-0.2, 0) is 0 Å². The Balaban J connectivity index is 1.84. The van der Waals surface area contributed by atoms with Crippen molar-refractivity contribution in [3.63, 3.8) is 0 Å². The average Bonchev–Trinajstić information content (AvgIpc) is 2.93. The number of pyridine rings is 1. The third-order valence-corrected chi connectivity index (χ3v) is 4.59. The van der Waals surface area contributed by atoms with Crippen LogP contribution in [0.4, 0.5) is 5.82 Å². The van der Waals surface area contributed by atoms with E-state index in [1.54, 1.807) is 42.1 Å². The predicted octanol–water partition coefficient (Wildman–Crippen LogP) is 3.78. The zero-order valence-corrected chi connectivity index (χ0v) is 13.2. The number of hydrogen-bond acceptors (Lipinski definition) is 7. The van der Waals surface area contributed by atoms with Gasteiger partial charge in [0.15, 0.2) is 10.7 Å². The lowest BCUT2D eigenvalue weighted by Gasteiger charge is -2.10. The van der Waals surface area contributed by atoms with Gasteiger partial charge < -0.3 is 10.2 Å². The standard InChI is InChI=1S/C14H14N4OS2/c1-8(10-5-9-3-4-19-11(9)7-16-10)21-14-17-12(15)6-13(18-14)20-2/h3-8H,1-2H3,(H2,15,17,18)/t8-/m0/s1. The Hall–Kier alpha value is -1.73. The highest BCUT2D eigenvalue weighted by atomic mass is 32.2. The lowest BCUT2D eigenvalue weighted by molar-refractivity contribution is 0.614. The first kappa shape index (κ1) is 14.2. The summed E-state index contributed by atoms with van der Waals surface area (Å²) in [5, 5.41) is 2.71. The molecule has 0 bridgehead atoms. The molecule has 0 aliphatic carbocycles. The van der Waals surface area contributed by atoms with Gasteiger partial charge >= 0.3 is 0 Å². The Bertz CT molecular complexity index is 775. The van der Waals surface area contributed by atoms with E-state index in [1.165, 1.54) is 0 Å². The van der Waals surface area contributed by atoms with E-state index in [9.17, 15) is 0 Å². The van der Waals surface area contributed by atoms with Crippen molar-refractivity contribution in [1.29, 1.82) is 0 Å². The summed E-state index contributed by atoms with van der Waals surface area (Å²) >= 11 is 3.09. The van der Waals surface area contributed by atoms with Gasteiger partial charge in [0.1, 0.15) is 10.8 Å². The maximum atomic E-state index is 5.80. The number of nitrogens with zero attached hydrogens (tertiary/aromatic N) is 3. The van der Waals surface area contributed by atoms with Crippen molar-refractivity contribution in [2.75, 3.05) is 12.0 Å². The molecule has 5 nitrogen and oxygen atoms in total. The van der Waals surface area contributed by atoms with E-state index in [0.717, 1.165) is 21.7 Å². The van der Waals surface area contributed by atoms with Crippen LogP contribution in [0.5, 0.6) is 0 Å². The van der Waals surface area contributed by atoms with Crippen LogP contribution in [0.3, 0.4) is 0 Å². The molecule has 0 radical (unpaired) electrons. The molecule has 0 aliphatic heterocycles. The zero-order valence-electron chi connectivity index (χ0n) is 11.6. The maximum Gasteiger partial charge on any atom is 0.191 e. The quantitative estimate of drug-likeness (QED) is 0.445. The van der Waals surface area contributed by atoms with Crippen molar-refractivity contribution in [2.24, 2.45) is 0 Å². The monoisotopic (exact) mass is 318 g/mol. The first-order chi connectivity index (χ1) is 10.2. The second kappa shape index (κ2) is 5.95. The topological polar surface area (TPSA) is 77.8 Å². The van der Waals surface area contributed by atoms with Crippen LogP contribution >= 0.6 is 23.5 Å². The number of aromatic nitrogens is 3. The number of nitrogen functional groups attached to an aromatic ring is 1. The molecule has 3 aromatic heterocycles. The number of nitrogens with two attached hydrogens (primary N) is 1. The van der Waals surface area contributed by atoms with E-state index in [4.69, 9.17) is 10.2 Å². The van der Waals surface area contributed by atoms with Crippen LogP contribution in [-0.4, -0.2) is 21.2 Å². The molecule has 21 heavy (non-hydrogen) atoms. The summed E-state index contributed by atoms with van der Waals surface area (Å²) in [6.07, 6.45) is 5.38. The zero-order chi connectivity index (χ0) is 14.8. The number of furan rings is 1. The van der Waals surface area contributed by atoms with Gasteiger partial charge in [-0.15, -0.1) is 11.8 Å². The highest BCUT2D eigenvalue weighted by molar-refractivity contribution is 7.99. The summed E-state index contributed by atoms with van der Waals surface area (Å²) < 4.78 is 5.30. The van der Waals surface area contributed by atoms with Crippen molar-refractivity contribution in [3.8, 4) is 0 Å². The van der Waals surface area contributed by atoms with Crippen molar-refractivity contribution < 1.29 is 4.42 Å². The van der Waals surface area contributed by atoms with Crippen LogP contribution in [0, 0.1) is 0 Å². The second-order valence-electron chi connectivity index (χ2n) is 4.45. The minimum absolute atomic E-state index is 0.126. The van der Waals surface area contributed by atoms with Gasteiger partial charge in [0, 0.05) is 11.5 Å². The summed E-state index contributed by atoms with van der Waals surface area (Å²) in [7, 11) is 0. The Labute approximate surface area is 130 Å². The van der Waals surface area contributed by atoms with Crippen molar-refractivity contribution in [3.05, 3.63) is 36.4 Å². The van der Waals surface area contributed by atoms with Gasteiger partial charge in [-0.05, 0) is 25.3 Å². The van der Waals surface area contributed by atoms with Crippen LogP contribution < -0.4 is 5.73 Å². The number of rotatable bonds is 4. The van der Waals surface area contributed by atoms with Crippen LogP contribution in [0.1, 0.15) is 17.9 Å². The Kier molecular flexibility index (Phi) is 4.03. The van der Waals surface area contributed by atoms with Gasteiger partial charge in [0.25, 0.3) is 0 Å². The fourth-order valence-electron chi connectivity index (χ4n) is 1.90. The summed E-state index contributed by atoms with van der Waals surface area (Å²) in [6, 6.07) is 5.73. The SMILES string of the molecule is CSc1cc(N)nc(S[C@@H](C)c2cc3ccoc3cn2)n1. The Morgan fingerprint density at radius 3 is 2.95 bits per heavy atom. The molecule has 0 saturated heterocycles. The lowest BCUT2D eigenvalue weighted by atomic mass is 10.2. The first-order valence-electron chi connectivity index (χ1n) is 6.34. The van der Waals surface area contributed by atoms with Crippen molar-refractivity contribution >= 4 is 40.3 Å². The van der Waals surface area contributed by atoms with Gasteiger partial charge in [-0.3, -0.25) is 4.98 Å². The number of hydrogen-bond donors (Lipinski definition) is 1. The van der Waals surface area contributed by atoms with E-state index >= 15 is 0 Å². The second-order valence-corrected chi connectivity index (χ2v) is 6.58. The minimum Gasteiger partial charge on any atom is -0.463 e. The highest BCUT2D eigenvalue weighted by Gasteiger charge is 2.13. The fourth-order valence-corrected chi connectivity index (χ4v) is 3.25. The molecule has 0 unspecified atom stereocenters. The predicted molar refractivity (Wildman–Crippen MR) is 86.5 cm³/mol. The largest absolute Gasteiger partial charge is 0.463 e. The molecule has 3 heterocycles. The molecule has 2 N–H and O–H groups in total. The van der Waals surface area contributed by atoms with Gasteiger partial charge in [-0.25, -0.2) is 9.97 Å². The Morgan fingerprint density at radius 1 is 1.29 bits per heavy atom. The molecular weight excluding hydrogens is 304 g/mol. The molecule has 0 aromatic carbocycles. The van der Waals surface area contributed by atoms with Crippen LogP contribution in [0.25, 0.3) is 11.0 Å². The van der Waals surface area contributed by atoms with Crippen molar-refractivity contribution in [1.82, 2.24) is 15.0 Å². The van der Waals surface area contributed by atoms with Gasteiger partial charge in [-0.1, -0.05) is 11.8 Å². The van der Waals surface area contributed by atoms with Gasteiger partial charge in [-0.2, -0.15) is 0 Å². The average molecular weight is 318 g/mol. The van der Waals surface area contributed by atoms with E-state index in [-0.39, 0.29) is 5.25 Å². The number of anilines is 1. The summed E-state index contributed by atoms with van der Waals surface area (Å²) in [5.74, 6) is 0.488. The number of fused-ring (bicyclic) bond motifs is 1. The summed E-state index contributed by atoms with van der Waals surface area (Å²) in [5.41, 5.74) is 7.56. The summed E-state index contributed by atoms with van der Waals surface area (Å²) in [4.78, 5) is 13.2. The maximum absolute atomic E-state index is 5.80. The highest BCUT2D eigenvalue weighted by Crippen LogP contribution is 2.34. The van der Waals surface area contributed by atoms with Crippen LogP contribution in [0.15, 0.2) is 45.3 Å². The molecule has 1 atom stereocenters. The van der Waals surface area contributed by atoms with E-state index < -0.39 is 0 Å². The van der Waals surface area contributed by atoms with E-state index in [2.05, 4.69) is 21.9 Å². The lowest BCUT2D eigenvalue weighted by Crippen LogP contribution is -1.99. The molecule has 0 spiro atoms. The fraction of sp³-hybridized carbons (Fsp3) is 0.214. The molecule has 0 fully saturated rings. The third-order valence-electron chi connectivity index (χ3n) is 2.97. The minimum atomic E-state index is 0.126. The molecule has 7 heteroatoms.